The standard InChI is InChI=1S/C29H30N2O8S/c1-35-25-17-23-19-8-10-31(40(33,34)22-6-7-24-27(16-22)38-13-12-37-24)29(23)20-4-2-5-21(14-20)36-11-3-9-30-28(32)18-39-26(25)15-19/h2,4-7,14-17,29H,3,8-13,18H2,1H3,(H,30,32). The molecule has 0 radical (unpaired) electrons. The van der Waals surface area contributed by atoms with Crippen molar-refractivity contribution in [1.82, 2.24) is 9.62 Å². The van der Waals surface area contributed by atoms with Crippen LogP contribution < -0.4 is 29.0 Å². The van der Waals surface area contributed by atoms with Crippen LogP contribution in [0.2, 0.25) is 0 Å². The molecule has 10 nitrogen and oxygen atoms in total. The van der Waals surface area contributed by atoms with Crippen LogP contribution in [0.5, 0.6) is 28.7 Å². The summed E-state index contributed by atoms with van der Waals surface area (Å²) in [5, 5.41) is 2.83. The molecule has 0 saturated carbocycles. The van der Waals surface area contributed by atoms with Crippen LogP contribution in [0.3, 0.4) is 0 Å². The van der Waals surface area contributed by atoms with Crippen molar-refractivity contribution in [1.29, 1.82) is 0 Å². The molecule has 0 aromatic heterocycles. The van der Waals surface area contributed by atoms with Gasteiger partial charge in [-0.2, -0.15) is 4.31 Å². The number of benzene rings is 3. The second-order valence-electron chi connectivity index (χ2n) is 9.69. The second kappa shape index (κ2) is 10.9. The van der Waals surface area contributed by atoms with Crippen molar-refractivity contribution in [3.05, 3.63) is 71.3 Å². The van der Waals surface area contributed by atoms with E-state index in [0.29, 0.717) is 68.0 Å². The Morgan fingerprint density at radius 2 is 1.77 bits per heavy atom. The Labute approximate surface area is 232 Å². The van der Waals surface area contributed by atoms with Gasteiger partial charge in [-0.1, -0.05) is 12.1 Å². The van der Waals surface area contributed by atoms with Crippen molar-refractivity contribution >= 4 is 15.9 Å². The fourth-order valence-corrected chi connectivity index (χ4v) is 6.87. The van der Waals surface area contributed by atoms with E-state index in [2.05, 4.69) is 5.32 Å². The van der Waals surface area contributed by atoms with Crippen LogP contribution in [0.4, 0.5) is 0 Å². The number of hydrogen-bond donors (Lipinski definition) is 1. The largest absolute Gasteiger partial charge is 0.494 e. The predicted octanol–water partition coefficient (Wildman–Crippen LogP) is 3.08. The highest BCUT2D eigenvalue weighted by atomic mass is 32.2. The Balaban J connectivity index is 1.48. The summed E-state index contributed by atoms with van der Waals surface area (Å²) in [5.41, 5.74) is 2.44. The fourth-order valence-electron chi connectivity index (χ4n) is 5.26. The molecule has 6 bridgehead atoms. The Hall–Kier alpha value is -3.96. The molecule has 0 aliphatic carbocycles. The number of nitrogens with one attached hydrogen (secondary N) is 1. The van der Waals surface area contributed by atoms with Gasteiger partial charge < -0.3 is 29.0 Å². The van der Waals surface area contributed by atoms with Gasteiger partial charge in [0.2, 0.25) is 10.0 Å². The Morgan fingerprint density at radius 3 is 2.62 bits per heavy atom. The van der Waals surface area contributed by atoms with Crippen LogP contribution in [0.15, 0.2) is 59.5 Å². The van der Waals surface area contributed by atoms with E-state index in [1.165, 1.54) is 17.5 Å². The minimum absolute atomic E-state index is 0.123. The first kappa shape index (κ1) is 26.3. The van der Waals surface area contributed by atoms with Crippen molar-refractivity contribution in [3.8, 4) is 28.7 Å². The van der Waals surface area contributed by atoms with E-state index in [1.54, 1.807) is 18.2 Å². The molecular formula is C29H30N2O8S. The maximum Gasteiger partial charge on any atom is 0.257 e. The zero-order chi connectivity index (χ0) is 27.7. The number of nitrogens with zero attached hydrogens (tertiary/aromatic N) is 1. The molecule has 0 fully saturated rings. The van der Waals surface area contributed by atoms with Gasteiger partial charge in [-0.15, -0.1) is 0 Å². The van der Waals surface area contributed by atoms with Gasteiger partial charge in [0.1, 0.15) is 19.0 Å². The maximum atomic E-state index is 14.2. The summed E-state index contributed by atoms with van der Waals surface area (Å²) in [6.45, 7) is 1.67. The van der Waals surface area contributed by atoms with Gasteiger partial charge in [-0.05, 0) is 65.9 Å². The predicted molar refractivity (Wildman–Crippen MR) is 145 cm³/mol. The minimum atomic E-state index is -3.98. The molecule has 0 saturated heterocycles. The number of sulfonamides is 1. The molecule has 1 atom stereocenters. The second-order valence-corrected chi connectivity index (χ2v) is 11.6. The van der Waals surface area contributed by atoms with Gasteiger partial charge in [0.25, 0.3) is 5.91 Å². The van der Waals surface area contributed by atoms with Crippen LogP contribution >= 0.6 is 0 Å². The number of amides is 1. The average molecular weight is 567 g/mol. The lowest BCUT2D eigenvalue weighted by molar-refractivity contribution is -0.123. The third-order valence-corrected chi connectivity index (χ3v) is 9.03. The van der Waals surface area contributed by atoms with E-state index < -0.39 is 16.1 Å². The van der Waals surface area contributed by atoms with Crippen molar-refractivity contribution in [2.24, 2.45) is 0 Å². The molecule has 4 heterocycles. The van der Waals surface area contributed by atoms with Crippen LogP contribution in [-0.4, -0.2) is 65.3 Å². The fraction of sp³-hybridized carbons (Fsp3) is 0.345. The highest BCUT2D eigenvalue weighted by molar-refractivity contribution is 7.89. The molecule has 4 aliphatic heterocycles. The zero-order valence-electron chi connectivity index (χ0n) is 22.1. The Kier molecular flexibility index (Phi) is 7.16. The van der Waals surface area contributed by atoms with Crippen molar-refractivity contribution in [3.63, 3.8) is 0 Å². The molecule has 4 aliphatic rings. The third-order valence-electron chi connectivity index (χ3n) is 7.17. The SMILES string of the molecule is COc1cc2c3cc1OCC(=O)NCCCOc1cccc(c1)C2N(S(=O)(=O)c1ccc2c(c1)OCCO2)CC3. The van der Waals surface area contributed by atoms with Crippen LogP contribution in [0.1, 0.15) is 29.2 Å². The summed E-state index contributed by atoms with van der Waals surface area (Å²) in [4.78, 5) is 12.4. The molecule has 1 N–H and O–H groups in total. The van der Waals surface area contributed by atoms with Gasteiger partial charge in [0.15, 0.2) is 29.6 Å². The van der Waals surface area contributed by atoms with E-state index in [4.69, 9.17) is 23.7 Å². The number of hydrogen-bond acceptors (Lipinski definition) is 8. The van der Waals surface area contributed by atoms with Gasteiger partial charge in [-0.25, -0.2) is 8.42 Å². The normalized spacial score (nSPS) is 19.2. The number of fused-ring (bicyclic) bond motifs is 9. The number of ether oxygens (including phenoxy) is 5. The van der Waals surface area contributed by atoms with Crippen LogP contribution in [0, 0.1) is 0 Å². The van der Waals surface area contributed by atoms with Crippen molar-refractivity contribution in [2.45, 2.75) is 23.8 Å². The summed E-state index contributed by atoms with van der Waals surface area (Å²) in [5.74, 6) is 2.15. The molecular weight excluding hydrogens is 536 g/mol. The third kappa shape index (κ3) is 5.02. The number of rotatable bonds is 3. The van der Waals surface area contributed by atoms with E-state index in [0.717, 1.165) is 16.7 Å². The minimum Gasteiger partial charge on any atom is -0.494 e. The molecule has 40 heavy (non-hydrogen) atoms. The van der Waals surface area contributed by atoms with Crippen LogP contribution in [-0.2, 0) is 21.2 Å². The summed E-state index contributed by atoms with van der Waals surface area (Å²) in [7, 11) is -2.46. The van der Waals surface area contributed by atoms with Crippen LogP contribution in [0.25, 0.3) is 0 Å². The molecule has 3 aromatic carbocycles. The van der Waals surface area contributed by atoms with Crippen molar-refractivity contribution in [2.75, 3.05) is 46.6 Å². The lowest BCUT2D eigenvalue weighted by atomic mass is 9.89. The van der Waals surface area contributed by atoms with E-state index in [9.17, 15) is 13.2 Å². The first-order chi connectivity index (χ1) is 19.4. The molecule has 3 aromatic rings. The Bertz CT molecular complexity index is 1540. The van der Waals surface area contributed by atoms with Crippen molar-refractivity contribution < 1.29 is 36.9 Å². The maximum absolute atomic E-state index is 14.2. The highest BCUT2D eigenvalue weighted by Gasteiger charge is 2.39. The molecule has 1 unspecified atom stereocenters. The summed E-state index contributed by atoms with van der Waals surface area (Å²) in [6, 6.07) is 15.2. The lowest BCUT2D eigenvalue weighted by Gasteiger charge is -2.37. The molecule has 0 spiro atoms. The first-order valence-electron chi connectivity index (χ1n) is 13.2. The molecule has 210 valence electrons. The molecule has 7 rings (SSSR count). The molecule has 11 heteroatoms. The summed E-state index contributed by atoms with van der Waals surface area (Å²) in [6.07, 6.45) is 1.05. The van der Waals surface area contributed by atoms with Gasteiger partial charge >= 0.3 is 0 Å². The monoisotopic (exact) mass is 566 g/mol. The zero-order valence-corrected chi connectivity index (χ0v) is 22.9. The average Bonchev–Trinajstić information content (AvgIpc) is 2.98. The quantitative estimate of drug-likeness (QED) is 0.515. The van der Waals surface area contributed by atoms with E-state index in [-0.39, 0.29) is 24.0 Å². The highest BCUT2D eigenvalue weighted by Crippen LogP contribution is 2.44. The van der Waals surface area contributed by atoms with Gasteiger partial charge in [0.05, 0.1) is 24.7 Å². The van der Waals surface area contributed by atoms with E-state index in [1.807, 2.05) is 30.3 Å². The Morgan fingerprint density at radius 1 is 0.925 bits per heavy atom. The van der Waals surface area contributed by atoms with E-state index >= 15 is 0 Å². The lowest BCUT2D eigenvalue weighted by Crippen LogP contribution is -2.40. The number of methoxy groups -OCH3 is 1. The smallest absolute Gasteiger partial charge is 0.257 e. The van der Waals surface area contributed by atoms with Gasteiger partial charge in [-0.3, -0.25) is 4.79 Å². The molecule has 1 amide bonds. The number of carbonyl (C=O) groups excluding carboxylic acids is 1. The first-order valence-corrected chi connectivity index (χ1v) is 14.6. The number of carbonyl (C=O) groups is 1. The van der Waals surface area contributed by atoms with Gasteiger partial charge in [0, 0.05) is 19.2 Å². The topological polar surface area (TPSA) is 113 Å². The summed E-state index contributed by atoms with van der Waals surface area (Å²) < 4.78 is 58.7. The summed E-state index contributed by atoms with van der Waals surface area (Å²) >= 11 is 0.